The fourth-order valence-electron chi connectivity index (χ4n) is 2.59. The van der Waals surface area contributed by atoms with Crippen molar-refractivity contribution in [1.82, 2.24) is 10.6 Å². The van der Waals surface area contributed by atoms with Gasteiger partial charge in [-0.1, -0.05) is 24.3 Å². The number of phenolic OH excluding ortho intramolecular Hbond substituents is 1. The first kappa shape index (κ1) is 18.3. The third-order valence-corrected chi connectivity index (χ3v) is 3.67. The smallest absolute Gasteiger partial charge is 0.405 e. The van der Waals surface area contributed by atoms with E-state index in [0.717, 1.165) is 11.1 Å². The molecule has 0 atom stereocenters. The Bertz CT molecular complexity index is 754. The van der Waals surface area contributed by atoms with Gasteiger partial charge < -0.3 is 20.8 Å². The van der Waals surface area contributed by atoms with Crippen LogP contribution in [-0.4, -0.2) is 27.8 Å². The number of carbonyl (C=O) groups is 2. The van der Waals surface area contributed by atoms with Crippen LogP contribution >= 0.6 is 0 Å². The summed E-state index contributed by atoms with van der Waals surface area (Å²) in [6.45, 7) is 4.00. The minimum absolute atomic E-state index is 0.113. The predicted molar refractivity (Wildman–Crippen MR) is 94.7 cm³/mol. The highest BCUT2D eigenvalue weighted by molar-refractivity contribution is 5.94. The second kappa shape index (κ2) is 7.70. The molecule has 4 N–H and O–H groups in total. The number of nitrogens with one attached hydrogen (secondary N) is 2. The van der Waals surface area contributed by atoms with Gasteiger partial charge in [0.1, 0.15) is 5.75 Å². The van der Waals surface area contributed by atoms with Gasteiger partial charge in [-0.3, -0.25) is 4.79 Å². The number of phenols is 1. The van der Waals surface area contributed by atoms with Crippen molar-refractivity contribution in [2.45, 2.75) is 32.4 Å². The summed E-state index contributed by atoms with van der Waals surface area (Å²) in [7, 11) is 0. The molecule has 2 amide bonds. The molecule has 0 fully saturated rings. The van der Waals surface area contributed by atoms with Gasteiger partial charge in [-0.25, -0.2) is 4.79 Å². The molecule has 0 aromatic heterocycles. The zero-order valence-electron chi connectivity index (χ0n) is 14.2. The van der Waals surface area contributed by atoms with Crippen LogP contribution in [0.3, 0.4) is 0 Å². The minimum atomic E-state index is -1.05. The molecule has 25 heavy (non-hydrogen) atoms. The molecule has 0 radical (unpaired) electrons. The fourth-order valence-corrected chi connectivity index (χ4v) is 2.59. The number of carbonyl (C=O) groups excluding carboxylic acids is 1. The van der Waals surface area contributed by atoms with Crippen molar-refractivity contribution in [3.8, 4) is 5.75 Å². The monoisotopic (exact) mass is 342 g/mol. The SMILES string of the molecule is CC(C)(Cc1cccc(CNC(=O)c2ccc(O)cc2)c1)NC(=O)O. The molecule has 0 aliphatic rings. The first-order chi connectivity index (χ1) is 11.7. The lowest BCUT2D eigenvalue weighted by Gasteiger charge is -2.24. The van der Waals surface area contributed by atoms with Gasteiger partial charge >= 0.3 is 6.09 Å². The molecule has 0 unspecified atom stereocenters. The average molecular weight is 342 g/mol. The molecule has 132 valence electrons. The van der Waals surface area contributed by atoms with Crippen LogP contribution in [0.15, 0.2) is 48.5 Å². The van der Waals surface area contributed by atoms with E-state index in [1.807, 2.05) is 38.1 Å². The van der Waals surface area contributed by atoms with Gasteiger partial charge in [0, 0.05) is 17.6 Å². The maximum Gasteiger partial charge on any atom is 0.405 e. The van der Waals surface area contributed by atoms with Gasteiger partial charge in [0.05, 0.1) is 0 Å². The van der Waals surface area contributed by atoms with E-state index >= 15 is 0 Å². The first-order valence-electron chi connectivity index (χ1n) is 7.91. The highest BCUT2D eigenvalue weighted by atomic mass is 16.4. The second-order valence-electron chi connectivity index (χ2n) is 6.54. The highest BCUT2D eigenvalue weighted by Crippen LogP contribution is 2.15. The van der Waals surface area contributed by atoms with Crippen molar-refractivity contribution in [2.75, 3.05) is 0 Å². The molecule has 0 spiro atoms. The maximum atomic E-state index is 12.1. The summed E-state index contributed by atoms with van der Waals surface area (Å²) in [5, 5.41) is 23.4. The fraction of sp³-hybridized carbons (Fsp3) is 0.263. The lowest BCUT2D eigenvalue weighted by atomic mass is 9.94. The standard InChI is InChI=1S/C19H22N2O4/c1-19(2,21-18(24)25)11-13-4-3-5-14(10-13)12-20-17(23)15-6-8-16(22)9-7-15/h3-10,21-22H,11-12H2,1-2H3,(H,20,23)(H,24,25). The number of amides is 2. The van der Waals surface area contributed by atoms with E-state index < -0.39 is 11.6 Å². The minimum Gasteiger partial charge on any atom is -0.508 e. The topological polar surface area (TPSA) is 98.7 Å². The third kappa shape index (κ3) is 5.84. The van der Waals surface area contributed by atoms with E-state index in [1.165, 1.54) is 12.1 Å². The molecular weight excluding hydrogens is 320 g/mol. The molecule has 2 aromatic carbocycles. The van der Waals surface area contributed by atoms with Crippen LogP contribution in [0.1, 0.15) is 35.3 Å². The number of benzene rings is 2. The van der Waals surface area contributed by atoms with Gasteiger partial charge in [-0.15, -0.1) is 0 Å². The molecule has 2 rings (SSSR count). The largest absolute Gasteiger partial charge is 0.508 e. The van der Waals surface area contributed by atoms with Crippen molar-refractivity contribution in [3.63, 3.8) is 0 Å². The van der Waals surface area contributed by atoms with Gasteiger partial charge in [0.25, 0.3) is 5.91 Å². The number of hydrogen-bond acceptors (Lipinski definition) is 3. The van der Waals surface area contributed by atoms with Crippen molar-refractivity contribution in [3.05, 3.63) is 65.2 Å². The van der Waals surface area contributed by atoms with Crippen LogP contribution in [0.4, 0.5) is 4.79 Å². The molecule has 0 bridgehead atoms. The molecule has 0 aliphatic heterocycles. The van der Waals surface area contributed by atoms with E-state index in [0.29, 0.717) is 18.5 Å². The van der Waals surface area contributed by atoms with Crippen molar-refractivity contribution >= 4 is 12.0 Å². The number of aromatic hydroxyl groups is 1. The van der Waals surface area contributed by atoms with Crippen LogP contribution in [0, 0.1) is 0 Å². The van der Waals surface area contributed by atoms with Gasteiger partial charge in [-0.2, -0.15) is 0 Å². The Morgan fingerprint density at radius 2 is 1.68 bits per heavy atom. The molecule has 2 aromatic rings. The maximum absolute atomic E-state index is 12.1. The van der Waals surface area contributed by atoms with E-state index in [4.69, 9.17) is 5.11 Å². The normalized spacial score (nSPS) is 11.0. The van der Waals surface area contributed by atoms with Crippen molar-refractivity contribution in [2.24, 2.45) is 0 Å². The van der Waals surface area contributed by atoms with Crippen LogP contribution in [-0.2, 0) is 13.0 Å². The Balaban J connectivity index is 1.98. The van der Waals surface area contributed by atoms with Crippen LogP contribution < -0.4 is 10.6 Å². The molecule has 0 saturated carbocycles. The van der Waals surface area contributed by atoms with Gasteiger partial charge in [0.2, 0.25) is 0 Å². The van der Waals surface area contributed by atoms with E-state index in [-0.39, 0.29) is 11.7 Å². The van der Waals surface area contributed by atoms with Crippen molar-refractivity contribution < 1.29 is 19.8 Å². The Morgan fingerprint density at radius 3 is 2.32 bits per heavy atom. The third-order valence-electron chi connectivity index (χ3n) is 3.67. The Hall–Kier alpha value is -3.02. The summed E-state index contributed by atoms with van der Waals surface area (Å²) >= 11 is 0. The quantitative estimate of drug-likeness (QED) is 0.649. The number of hydrogen-bond donors (Lipinski definition) is 4. The Labute approximate surface area is 146 Å². The predicted octanol–water partition coefficient (Wildman–Crippen LogP) is 2.91. The molecule has 6 heteroatoms. The highest BCUT2D eigenvalue weighted by Gasteiger charge is 2.20. The molecule has 0 aliphatic carbocycles. The molecule has 6 nitrogen and oxygen atoms in total. The summed E-state index contributed by atoms with van der Waals surface area (Å²) in [5.41, 5.74) is 1.80. The summed E-state index contributed by atoms with van der Waals surface area (Å²) in [4.78, 5) is 22.9. The molecule has 0 heterocycles. The molecular formula is C19H22N2O4. The second-order valence-corrected chi connectivity index (χ2v) is 6.54. The van der Waals surface area contributed by atoms with Crippen molar-refractivity contribution in [1.29, 1.82) is 0 Å². The first-order valence-corrected chi connectivity index (χ1v) is 7.91. The molecule has 0 saturated heterocycles. The van der Waals surface area contributed by atoms with Gasteiger partial charge in [-0.05, 0) is 55.7 Å². The van der Waals surface area contributed by atoms with E-state index in [1.54, 1.807) is 12.1 Å². The van der Waals surface area contributed by atoms with E-state index in [2.05, 4.69) is 10.6 Å². The zero-order chi connectivity index (χ0) is 18.4. The van der Waals surface area contributed by atoms with Crippen LogP contribution in [0.5, 0.6) is 5.75 Å². The summed E-state index contributed by atoms with van der Waals surface area (Å²) in [6.07, 6.45) is -0.513. The van der Waals surface area contributed by atoms with Crippen LogP contribution in [0.25, 0.3) is 0 Å². The van der Waals surface area contributed by atoms with E-state index in [9.17, 15) is 14.7 Å². The lowest BCUT2D eigenvalue weighted by Crippen LogP contribution is -2.44. The number of carboxylic acid groups (broad SMARTS) is 1. The summed E-state index contributed by atoms with van der Waals surface area (Å²) in [5.74, 6) is -0.111. The average Bonchev–Trinajstić information content (AvgIpc) is 2.52. The van der Waals surface area contributed by atoms with Gasteiger partial charge in [0.15, 0.2) is 0 Å². The zero-order valence-corrected chi connectivity index (χ0v) is 14.2. The lowest BCUT2D eigenvalue weighted by molar-refractivity contribution is 0.0950. The Morgan fingerprint density at radius 1 is 1.04 bits per heavy atom. The van der Waals surface area contributed by atoms with Crippen LogP contribution in [0.2, 0.25) is 0 Å². The summed E-state index contributed by atoms with van der Waals surface area (Å²) in [6, 6.07) is 13.7. The summed E-state index contributed by atoms with van der Waals surface area (Å²) < 4.78 is 0. The number of rotatable bonds is 6. The Kier molecular flexibility index (Phi) is 5.64.